The number of ether oxygens (including phenoxy) is 2. The number of carbonyl (C=O) groups excluding carboxylic acids is 2. The van der Waals surface area contributed by atoms with E-state index in [9.17, 15) is 14.7 Å². The molecule has 26 heavy (non-hydrogen) atoms. The van der Waals surface area contributed by atoms with Gasteiger partial charge in [-0.05, 0) is 19.9 Å². The number of nitrogens with zero attached hydrogens (tertiary/aromatic N) is 1. The Hall–Kier alpha value is -2.34. The topological polar surface area (TPSA) is 76.1 Å². The number of para-hydroxylation sites is 1. The zero-order valence-electron chi connectivity index (χ0n) is 16.0. The summed E-state index contributed by atoms with van der Waals surface area (Å²) in [4.78, 5) is 26.9. The van der Waals surface area contributed by atoms with E-state index in [1.165, 1.54) is 12.0 Å². The van der Waals surface area contributed by atoms with Gasteiger partial charge >= 0.3 is 0 Å². The van der Waals surface area contributed by atoms with Crippen LogP contribution in [0.2, 0.25) is 0 Å². The largest absolute Gasteiger partial charge is 0.503 e. The summed E-state index contributed by atoms with van der Waals surface area (Å²) in [5.74, 6) is -1.08. The molecule has 1 unspecified atom stereocenters. The first kappa shape index (κ1) is 20.0. The first-order valence-corrected chi connectivity index (χ1v) is 8.82. The molecule has 1 aliphatic rings. The molecule has 1 N–H and O–H groups in total. The molecule has 1 heterocycles. The van der Waals surface area contributed by atoms with Crippen LogP contribution in [-0.2, 0) is 14.3 Å². The number of ketones is 1. The quantitative estimate of drug-likeness (QED) is 0.770. The zero-order chi connectivity index (χ0) is 19.4. The maximum absolute atomic E-state index is 12.7. The molecule has 2 rings (SSSR count). The third-order valence-corrected chi connectivity index (χ3v) is 4.31. The molecule has 0 fully saturated rings. The summed E-state index contributed by atoms with van der Waals surface area (Å²) in [5, 5.41) is 10.4. The van der Waals surface area contributed by atoms with Gasteiger partial charge in [0.25, 0.3) is 5.91 Å². The maximum Gasteiger partial charge on any atom is 0.290 e. The Kier molecular flexibility index (Phi) is 6.42. The molecule has 1 atom stereocenters. The first-order chi connectivity index (χ1) is 12.3. The number of hydrogen-bond acceptors (Lipinski definition) is 5. The average molecular weight is 361 g/mol. The van der Waals surface area contributed by atoms with Crippen molar-refractivity contribution in [3.8, 4) is 5.75 Å². The minimum Gasteiger partial charge on any atom is -0.503 e. The van der Waals surface area contributed by atoms with Gasteiger partial charge in [0.2, 0.25) is 0 Å². The molecule has 0 saturated heterocycles. The Morgan fingerprint density at radius 3 is 2.46 bits per heavy atom. The third kappa shape index (κ3) is 3.90. The summed E-state index contributed by atoms with van der Waals surface area (Å²) in [6, 6.07) is 6.52. The molecule has 0 saturated carbocycles. The number of aliphatic hydroxyl groups excluding tert-OH is 1. The van der Waals surface area contributed by atoms with Crippen molar-refractivity contribution in [2.75, 3.05) is 20.3 Å². The van der Waals surface area contributed by atoms with Gasteiger partial charge in [0.1, 0.15) is 5.75 Å². The average Bonchev–Trinajstić information content (AvgIpc) is 2.85. The number of aliphatic hydroxyl groups is 1. The van der Waals surface area contributed by atoms with Crippen LogP contribution in [0.25, 0.3) is 0 Å². The van der Waals surface area contributed by atoms with Crippen molar-refractivity contribution in [2.45, 2.75) is 39.8 Å². The maximum atomic E-state index is 12.7. The molecule has 6 nitrogen and oxygen atoms in total. The Labute approximate surface area is 154 Å². The number of hydrogen-bond donors (Lipinski definition) is 1. The highest BCUT2D eigenvalue weighted by atomic mass is 16.5. The van der Waals surface area contributed by atoms with Gasteiger partial charge in [-0.3, -0.25) is 9.59 Å². The van der Waals surface area contributed by atoms with Crippen molar-refractivity contribution in [2.24, 2.45) is 5.92 Å². The number of carbonyl (C=O) groups is 2. The lowest BCUT2D eigenvalue weighted by molar-refractivity contribution is -0.130. The van der Waals surface area contributed by atoms with Crippen LogP contribution in [0.15, 0.2) is 35.6 Å². The van der Waals surface area contributed by atoms with Gasteiger partial charge in [-0.15, -0.1) is 0 Å². The van der Waals surface area contributed by atoms with Gasteiger partial charge < -0.3 is 19.5 Å². The minimum absolute atomic E-state index is 0.0238. The van der Waals surface area contributed by atoms with Crippen LogP contribution in [-0.4, -0.2) is 48.1 Å². The summed E-state index contributed by atoms with van der Waals surface area (Å²) in [6.07, 6.45) is 0.0238. The van der Waals surface area contributed by atoms with E-state index in [-0.39, 0.29) is 29.9 Å². The molecule has 1 aromatic carbocycles. The number of amides is 1. The van der Waals surface area contributed by atoms with Crippen LogP contribution in [0.1, 0.15) is 39.3 Å². The number of Topliss-reactive ketones (excluding diaryl/α,β-unsaturated/α-hetero) is 1. The molecule has 0 aliphatic carbocycles. The summed E-state index contributed by atoms with van der Waals surface area (Å²) in [7, 11) is 1.54. The molecular weight excluding hydrogens is 334 g/mol. The monoisotopic (exact) mass is 361 g/mol. The van der Waals surface area contributed by atoms with E-state index in [4.69, 9.17) is 9.47 Å². The molecule has 0 radical (unpaired) electrons. The number of benzene rings is 1. The zero-order valence-corrected chi connectivity index (χ0v) is 16.0. The first-order valence-electron chi connectivity index (χ1n) is 8.82. The Morgan fingerprint density at radius 1 is 1.23 bits per heavy atom. The van der Waals surface area contributed by atoms with E-state index in [2.05, 4.69) is 0 Å². The summed E-state index contributed by atoms with van der Waals surface area (Å²) < 4.78 is 11.0. The summed E-state index contributed by atoms with van der Waals surface area (Å²) in [6.45, 7) is 7.89. The van der Waals surface area contributed by atoms with E-state index < -0.39 is 17.7 Å². The minimum atomic E-state index is -0.690. The predicted molar refractivity (Wildman–Crippen MR) is 98.0 cm³/mol. The second kappa shape index (κ2) is 8.36. The van der Waals surface area contributed by atoms with E-state index >= 15 is 0 Å². The molecule has 0 spiro atoms. The van der Waals surface area contributed by atoms with Gasteiger partial charge in [-0.2, -0.15) is 0 Å². The Morgan fingerprint density at radius 2 is 1.88 bits per heavy atom. The van der Waals surface area contributed by atoms with E-state index in [0.29, 0.717) is 17.9 Å². The van der Waals surface area contributed by atoms with Gasteiger partial charge in [-0.25, -0.2) is 0 Å². The lowest BCUT2D eigenvalue weighted by atomic mass is 9.91. The Balaban J connectivity index is 2.49. The molecule has 0 aromatic heterocycles. The number of methoxy groups -OCH3 is 1. The standard InChI is InChI=1S/C20H27NO5/c1-12(2)18(22)16-17(14-8-6-7-9-15(14)25-5)21(20(24)19(16)23)10-11-26-13(3)4/h6-9,12-13,17,23H,10-11H2,1-5H3. The fourth-order valence-electron chi connectivity index (χ4n) is 3.05. The van der Waals surface area contributed by atoms with Gasteiger partial charge in [0.05, 0.1) is 31.4 Å². The van der Waals surface area contributed by atoms with Crippen molar-refractivity contribution in [3.05, 3.63) is 41.2 Å². The van der Waals surface area contributed by atoms with Gasteiger partial charge in [0, 0.05) is 18.0 Å². The predicted octanol–water partition coefficient (Wildman–Crippen LogP) is 3.04. The molecule has 1 aromatic rings. The second-order valence-electron chi connectivity index (χ2n) is 6.84. The van der Waals surface area contributed by atoms with E-state index in [1.54, 1.807) is 26.0 Å². The second-order valence-corrected chi connectivity index (χ2v) is 6.84. The smallest absolute Gasteiger partial charge is 0.290 e. The summed E-state index contributed by atoms with van der Waals surface area (Å²) in [5.41, 5.74) is 0.792. The lowest BCUT2D eigenvalue weighted by Gasteiger charge is -2.28. The van der Waals surface area contributed by atoms with Crippen LogP contribution in [0.5, 0.6) is 5.75 Å². The van der Waals surface area contributed by atoms with Gasteiger partial charge in [-0.1, -0.05) is 32.0 Å². The normalized spacial score (nSPS) is 17.6. The van der Waals surface area contributed by atoms with Crippen LogP contribution < -0.4 is 4.74 Å². The van der Waals surface area contributed by atoms with Gasteiger partial charge in [0.15, 0.2) is 11.5 Å². The highest BCUT2D eigenvalue weighted by molar-refractivity contribution is 6.09. The van der Waals surface area contributed by atoms with Crippen LogP contribution in [0.3, 0.4) is 0 Å². The van der Waals surface area contributed by atoms with Crippen LogP contribution in [0.4, 0.5) is 0 Å². The lowest BCUT2D eigenvalue weighted by Crippen LogP contribution is -2.35. The highest BCUT2D eigenvalue weighted by Gasteiger charge is 2.44. The van der Waals surface area contributed by atoms with Crippen molar-refractivity contribution in [1.82, 2.24) is 4.90 Å². The fourth-order valence-corrected chi connectivity index (χ4v) is 3.05. The molecule has 142 valence electrons. The van der Waals surface area contributed by atoms with E-state index in [0.717, 1.165) is 0 Å². The van der Waals surface area contributed by atoms with Crippen molar-refractivity contribution < 1.29 is 24.2 Å². The van der Waals surface area contributed by atoms with E-state index in [1.807, 2.05) is 26.0 Å². The van der Waals surface area contributed by atoms with Crippen LogP contribution in [0, 0.1) is 5.92 Å². The molecular formula is C20H27NO5. The molecule has 1 amide bonds. The molecule has 0 bridgehead atoms. The van der Waals surface area contributed by atoms with Crippen LogP contribution >= 0.6 is 0 Å². The SMILES string of the molecule is COc1ccccc1C1C(C(=O)C(C)C)=C(O)C(=O)N1CCOC(C)C. The Bertz CT molecular complexity index is 708. The van der Waals surface area contributed by atoms with Crippen molar-refractivity contribution in [1.29, 1.82) is 0 Å². The fraction of sp³-hybridized carbons (Fsp3) is 0.500. The summed E-state index contributed by atoms with van der Waals surface area (Å²) >= 11 is 0. The number of rotatable bonds is 8. The third-order valence-electron chi connectivity index (χ3n) is 4.31. The highest BCUT2D eigenvalue weighted by Crippen LogP contribution is 2.41. The molecule has 1 aliphatic heterocycles. The van der Waals surface area contributed by atoms with Crippen molar-refractivity contribution >= 4 is 11.7 Å². The van der Waals surface area contributed by atoms with Crippen molar-refractivity contribution in [3.63, 3.8) is 0 Å². The molecule has 6 heteroatoms.